The summed E-state index contributed by atoms with van der Waals surface area (Å²) < 4.78 is 2.31. The molecule has 1 heterocycles. The van der Waals surface area contributed by atoms with Gasteiger partial charge in [0.2, 0.25) is 0 Å². The minimum Gasteiger partial charge on any atom is -0.346 e. The fourth-order valence-electron chi connectivity index (χ4n) is 3.36. The second-order valence-electron chi connectivity index (χ2n) is 6.03. The number of halogens is 1. The lowest BCUT2D eigenvalue weighted by molar-refractivity contribution is 0.279. The van der Waals surface area contributed by atoms with Gasteiger partial charge in [0.05, 0.1) is 0 Å². The first-order valence-electron chi connectivity index (χ1n) is 7.72. The van der Waals surface area contributed by atoms with Crippen LogP contribution in [0.2, 0.25) is 5.02 Å². The Kier molecular flexibility index (Phi) is 4.32. The van der Waals surface area contributed by atoms with Crippen LogP contribution in [0.15, 0.2) is 30.5 Å². The van der Waals surface area contributed by atoms with Crippen LogP contribution in [0.5, 0.6) is 0 Å². The van der Waals surface area contributed by atoms with E-state index in [-0.39, 0.29) is 0 Å². The average molecular weight is 291 g/mol. The van der Waals surface area contributed by atoms with E-state index in [0.717, 1.165) is 24.0 Å². The number of hydrogen-bond donors (Lipinski definition) is 1. The molecular formula is C17H23ClN2. The highest BCUT2D eigenvalue weighted by Crippen LogP contribution is 2.24. The molecule has 1 aromatic carbocycles. The molecule has 2 atom stereocenters. The Morgan fingerprint density at radius 1 is 1.25 bits per heavy atom. The summed E-state index contributed by atoms with van der Waals surface area (Å²) in [6.45, 7) is 4.44. The van der Waals surface area contributed by atoms with Crippen LogP contribution in [0.4, 0.5) is 0 Å². The number of fused-ring (bicyclic) bond motifs is 1. The number of hydrogen-bond acceptors (Lipinski definition) is 1. The van der Waals surface area contributed by atoms with E-state index in [9.17, 15) is 0 Å². The molecule has 1 aliphatic rings. The molecule has 0 radical (unpaired) electrons. The van der Waals surface area contributed by atoms with Crippen molar-refractivity contribution < 1.29 is 0 Å². The van der Waals surface area contributed by atoms with Crippen LogP contribution in [-0.4, -0.2) is 17.2 Å². The molecule has 2 nitrogen and oxygen atoms in total. The van der Waals surface area contributed by atoms with Crippen LogP contribution in [0, 0.1) is 5.92 Å². The van der Waals surface area contributed by atoms with Crippen LogP contribution >= 0.6 is 11.6 Å². The van der Waals surface area contributed by atoms with Crippen LogP contribution < -0.4 is 5.32 Å². The van der Waals surface area contributed by atoms with Gasteiger partial charge in [0.1, 0.15) is 0 Å². The molecule has 2 aromatic rings. The maximum atomic E-state index is 6.03. The second-order valence-corrected chi connectivity index (χ2v) is 6.47. The topological polar surface area (TPSA) is 17.0 Å². The third-order valence-corrected chi connectivity index (χ3v) is 4.84. The van der Waals surface area contributed by atoms with Gasteiger partial charge in [0.25, 0.3) is 0 Å². The van der Waals surface area contributed by atoms with Crippen LogP contribution in [0.3, 0.4) is 0 Å². The number of benzene rings is 1. The first-order chi connectivity index (χ1) is 9.74. The lowest BCUT2D eigenvalue weighted by Gasteiger charge is -2.29. The van der Waals surface area contributed by atoms with Gasteiger partial charge in [-0.1, -0.05) is 31.4 Å². The van der Waals surface area contributed by atoms with Crippen molar-refractivity contribution in [1.82, 2.24) is 9.88 Å². The van der Waals surface area contributed by atoms with Gasteiger partial charge < -0.3 is 9.88 Å². The summed E-state index contributed by atoms with van der Waals surface area (Å²) in [6, 6.07) is 8.96. The maximum Gasteiger partial charge on any atom is 0.0481 e. The summed E-state index contributed by atoms with van der Waals surface area (Å²) in [5, 5.41) is 5.77. The maximum absolute atomic E-state index is 6.03. The minimum absolute atomic E-state index is 0.708. The highest BCUT2D eigenvalue weighted by atomic mass is 35.5. The zero-order valence-corrected chi connectivity index (χ0v) is 12.9. The van der Waals surface area contributed by atoms with Gasteiger partial charge >= 0.3 is 0 Å². The molecule has 0 amide bonds. The fraction of sp³-hybridized carbons (Fsp3) is 0.529. The highest BCUT2D eigenvalue weighted by molar-refractivity contribution is 6.31. The molecule has 0 saturated heterocycles. The molecule has 1 saturated carbocycles. The molecule has 1 aromatic heterocycles. The summed E-state index contributed by atoms with van der Waals surface area (Å²) in [7, 11) is 0. The summed E-state index contributed by atoms with van der Waals surface area (Å²) in [6.07, 6.45) is 7.66. The zero-order chi connectivity index (χ0) is 13.9. The predicted molar refractivity (Wildman–Crippen MR) is 86.4 cm³/mol. The van der Waals surface area contributed by atoms with Crippen molar-refractivity contribution in [2.24, 2.45) is 5.92 Å². The van der Waals surface area contributed by atoms with E-state index in [4.69, 9.17) is 11.6 Å². The lowest BCUT2D eigenvalue weighted by atomic mass is 9.86. The number of nitrogens with one attached hydrogen (secondary N) is 1. The summed E-state index contributed by atoms with van der Waals surface area (Å²) in [4.78, 5) is 0. The van der Waals surface area contributed by atoms with Crippen molar-refractivity contribution >= 4 is 22.5 Å². The van der Waals surface area contributed by atoms with Gasteiger partial charge in [-0.3, -0.25) is 0 Å². The molecule has 2 unspecified atom stereocenters. The molecule has 108 valence electrons. The Morgan fingerprint density at radius 3 is 2.95 bits per heavy atom. The van der Waals surface area contributed by atoms with Gasteiger partial charge in [-0.25, -0.2) is 0 Å². The molecule has 1 fully saturated rings. The molecule has 3 rings (SSSR count). The zero-order valence-electron chi connectivity index (χ0n) is 12.1. The molecule has 1 N–H and O–H groups in total. The molecule has 3 heteroatoms. The van der Waals surface area contributed by atoms with Crippen molar-refractivity contribution in [3.8, 4) is 0 Å². The normalized spacial score (nSPS) is 23.3. The molecule has 0 spiro atoms. The van der Waals surface area contributed by atoms with Gasteiger partial charge in [0.15, 0.2) is 0 Å². The Labute approximate surface area is 126 Å². The van der Waals surface area contributed by atoms with Gasteiger partial charge in [0, 0.05) is 41.3 Å². The van der Waals surface area contributed by atoms with E-state index in [2.05, 4.69) is 35.1 Å². The Bertz CT molecular complexity index is 575. The van der Waals surface area contributed by atoms with E-state index in [1.54, 1.807) is 0 Å². The first kappa shape index (κ1) is 14.0. The van der Waals surface area contributed by atoms with E-state index in [1.807, 2.05) is 12.1 Å². The molecule has 1 aliphatic carbocycles. The van der Waals surface area contributed by atoms with Crippen LogP contribution in [0.25, 0.3) is 10.9 Å². The number of aromatic nitrogens is 1. The summed E-state index contributed by atoms with van der Waals surface area (Å²) in [5.41, 5.74) is 1.27. The van der Waals surface area contributed by atoms with E-state index >= 15 is 0 Å². The fourth-order valence-corrected chi connectivity index (χ4v) is 3.54. The smallest absolute Gasteiger partial charge is 0.0481 e. The molecule has 20 heavy (non-hydrogen) atoms. The Balaban J connectivity index is 1.59. The first-order valence-corrected chi connectivity index (χ1v) is 8.09. The van der Waals surface area contributed by atoms with Gasteiger partial charge in [-0.05, 0) is 43.0 Å². The minimum atomic E-state index is 0.708. The monoisotopic (exact) mass is 290 g/mol. The van der Waals surface area contributed by atoms with Crippen LogP contribution in [-0.2, 0) is 6.54 Å². The quantitative estimate of drug-likeness (QED) is 0.879. The van der Waals surface area contributed by atoms with Crippen molar-refractivity contribution in [3.05, 3.63) is 35.5 Å². The Morgan fingerprint density at radius 2 is 2.10 bits per heavy atom. The van der Waals surface area contributed by atoms with Gasteiger partial charge in [-0.15, -0.1) is 0 Å². The molecule has 0 aliphatic heterocycles. The second kappa shape index (κ2) is 6.19. The van der Waals surface area contributed by atoms with E-state index in [1.165, 1.54) is 36.6 Å². The standard InChI is InChI=1S/C17H23ClN2/c1-13-4-2-3-5-16(13)19-9-11-20-10-8-14-12-15(18)6-7-17(14)20/h6-8,10,12-13,16,19H,2-5,9,11H2,1H3. The van der Waals surface area contributed by atoms with Crippen LogP contribution in [0.1, 0.15) is 32.6 Å². The van der Waals surface area contributed by atoms with Gasteiger partial charge in [-0.2, -0.15) is 0 Å². The SMILES string of the molecule is CC1CCCCC1NCCn1ccc2cc(Cl)ccc21. The summed E-state index contributed by atoms with van der Waals surface area (Å²) in [5.74, 6) is 0.823. The average Bonchev–Trinajstić information content (AvgIpc) is 2.83. The predicted octanol–water partition coefficient (Wildman–Crippen LogP) is 4.46. The third-order valence-electron chi connectivity index (χ3n) is 4.60. The summed E-state index contributed by atoms with van der Waals surface area (Å²) >= 11 is 6.03. The van der Waals surface area contributed by atoms with E-state index in [0.29, 0.717) is 6.04 Å². The third kappa shape index (κ3) is 3.02. The Hall–Kier alpha value is -0.990. The number of nitrogens with zero attached hydrogens (tertiary/aromatic N) is 1. The largest absolute Gasteiger partial charge is 0.346 e. The van der Waals surface area contributed by atoms with E-state index < -0.39 is 0 Å². The van der Waals surface area contributed by atoms with Crippen molar-refractivity contribution in [1.29, 1.82) is 0 Å². The highest BCUT2D eigenvalue weighted by Gasteiger charge is 2.20. The lowest BCUT2D eigenvalue weighted by Crippen LogP contribution is -2.38. The van der Waals surface area contributed by atoms with Crippen molar-refractivity contribution in [3.63, 3.8) is 0 Å². The van der Waals surface area contributed by atoms with Crippen molar-refractivity contribution in [2.75, 3.05) is 6.54 Å². The van der Waals surface area contributed by atoms with Crippen molar-refractivity contribution in [2.45, 2.75) is 45.2 Å². The molecule has 0 bridgehead atoms. The molecular weight excluding hydrogens is 268 g/mol. The number of rotatable bonds is 4.